The van der Waals surface area contributed by atoms with E-state index in [-0.39, 0.29) is 12.6 Å². The molecule has 2 fully saturated rings. The Labute approximate surface area is 171 Å². The second-order valence-electron chi connectivity index (χ2n) is 9.13. The monoisotopic (exact) mass is 437 g/mol. The minimum Gasteiger partial charge on any atom is -0.458 e. The van der Waals surface area contributed by atoms with E-state index in [1.54, 1.807) is 0 Å². The van der Waals surface area contributed by atoms with E-state index in [9.17, 15) is 4.79 Å². The van der Waals surface area contributed by atoms with E-state index >= 15 is 0 Å². The first kappa shape index (κ1) is 20.8. The number of piperidine rings is 1. The van der Waals surface area contributed by atoms with Crippen LogP contribution in [-0.2, 0) is 19.9 Å². The molecule has 0 bridgehead atoms. The molecule has 1 saturated carbocycles. The minimum atomic E-state index is -0.491. The van der Waals surface area contributed by atoms with Crippen LogP contribution in [0.2, 0.25) is 0 Å². The summed E-state index contributed by atoms with van der Waals surface area (Å²) >= 11 is 3.59. The van der Waals surface area contributed by atoms with Gasteiger partial charge in [0.15, 0.2) is 0 Å². The van der Waals surface area contributed by atoms with E-state index < -0.39 is 11.2 Å². The van der Waals surface area contributed by atoms with Gasteiger partial charge in [-0.15, -0.1) is 0 Å². The van der Waals surface area contributed by atoms with Crippen molar-refractivity contribution in [3.8, 4) is 0 Å². The van der Waals surface area contributed by atoms with Gasteiger partial charge in [-0.3, -0.25) is 0 Å². The highest BCUT2D eigenvalue weighted by Gasteiger charge is 2.45. The third kappa shape index (κ3) is 5.33. The fourth-order valence-electron chi connectivity index (χ4n) is 4.50. The smallest absolute Gasteiger partial charge is 0.332 e. The van der Waals surface area contributed by atoms with Gasteiger partial charge in [-0.25, -0.2) is 4.79 Å². The van der Waals surface area contributed by atoms with Crippen LogP contribution in [-0.4, -0.2) is 31.3 Å². The van der Waals surface area contributed by atoms with Crippen LogP contribution in [0.4, 0.5) is 0 Å². The summed E-state index contributed by atoms with van der Waals surface area (Å²) < 4.78 is 12.8. The molecule has 1 spiro atoms. The number of esters is 1. The quantitative estimate of drug-likeness (QED) is 0.676. The molecule has 0 radical (unpaired) electrons. The van der Waals surface area contributed by atoms with Crippen LogP contribution in [0, 0.1) is 5.41 Å². The summed E-state index contributed by atoms with van der Waals surface area (Å²) in [6.45, 7) is 7.88. The molecule has 0 aromatic heterocycles. The molecule has 1 saturated heterocycles. The van der Waals surface area contributed by atoms with E-state index in [2.05, 4.69) is 33.4 Å². The molecule has 5 heteroatoms. The lowest BCUT2D eigenvalue weighted by Crippen LogP contribution is -2.45. The van der Waals surface area contributed by atoms with Gasteiger partial charge < -0.3 is 14.8 Å². The third-order valence-corrected chi connectivity index (χ3v) is 6.51. The number of carbonyl (C=O) groups is 1. The topological polar surface area (TPSA) is 47.6 Å². The van der Waals surface area contributed by atoms with Crippen LogP contribution < -0.4 is 5.32 Å². The molecule has 3 rings (SSSR count). The van der Waals surface area contributed by atoms with Crippen molar-refractivity contribution in [1.29, 1.82) is 0 Å². The van der Waals surface area contributed by atoms with Gasteiger partial charge in [-0.2, -0.15) is 0 Å². The van der Waals surface area contributed by atoms with E-state index in [1.165, 1.54) is 12.8 Å². The lowest BCUT2D eigenvalue weighted by Gasteiger charge is -2.48. The van der Waals surface area contributed by atoms with Crippen LogP contribution in [0.3, 0.4) is 0 Å². The fraction of sp³-hybridized carbons (Fsp3) is 0.682. The lowest BCUT2D eigenvalue weighted by molar-refractivity contribution is -0.172. The van der Waals surface area contributed by atoms with Gasteiger partial charge >= 0.3 is 5.97 Å². The first-order valence-electron chi connectivity index (χ1n) is 10.0. The summed E-state index contributed by atoms with van der Waals surface area (Å²) in [5, 5.41) is 3.48. The van der Waals surface area contributed by atoms with Gasteiger partial charge in [-0.05, 0) is 95.5 Å². The molecule has 150 valence electrons. The van der Waals surface area contributed by atoms with Crippen molar-refractivity contribution in [2.45, 2.75) is 70.5 Å². The summed E-state index contributed by atoms with van der Waals surface area (Å²) in [5.41, 5.74) is 0.700. The first-order valence-corrected chi connectivity index (χ1v) is 10.8. The zero-order valence-corrected chi connectivity index (χ0v) is 18.4. The Hall–Kier alpha value is -0.910. The molecule has 4 nitrogen and oxygen atoms in total. The average Bonchev–Trinajstić information content (AvgIpc) is 2.61. The first-order chi connectivity index (χ1) is 12.7. The van der Waals surface area contributed by atoms with Gasteiger partial charge in [0.2, 0.25) is 0 Å². The Morgan fingerprint density at radius 3 is 2.37 bits per heavy atom. The van der Waals surface area contributed by atoms with Crippen LogP contribution in [0.15, 0.2) is 28.7 Å². The molecule has 1 N–H and O–H groups in total. The van der Waals surface area contributed by atoms with Gasteiger partial charge in [0.05, 0.1) is 5.60 Å². The molecular weight excluding hydrogens is 406 g/mol. The molecule has 1 aliphatic carbocycles. The molecule has 1 aliphatic heterocycles. The summed E-state index contributed by atoms with van der Waals surface area (Å²) in [4.78, 5) is 12.3. The number of rotatable bonds is 4. The van der Waals surface area contributed by atoms with Crippen LogP contribution >= 0.6 is 15.9 Å². The van der Waals surface area contributed by atoms with Crippen molar-refractivity contribution >= 4 is 21.9 Å². The molecule has 1 aromatic carbocycles. The number of hydrogen-bond donors (Lipinski definition) is 1. The second-order valence-corrected chi connectivity index (χ2v) is 10.0. The Morgan fingerprint density at radius 1 is 1.11 bits per heavy atom. The second kappa shape index (κ2) is 8.22. The molecular formula is C22H32BrNO3. The van der Waals surface area contributed by atoms with E-state index in [0.717, 1.165) is 48.8 Å². The Balaban J connectivity index is 1.75. The fourth-order valence-corrected chi connectivity index (χ4v) is 4.90. The van der Waals surface area contributed by atoms with Crippen molar-refractivity contribution in [2.75, 3.05) is 19.7 Å². The van der Waals surface area contributed by atoms with Crippen molar-refractivity contribution < 1.29 is 14.3 Å². The largest absolute Gasteiger partial charge is 0.458 e. The zero-order chi connectivity index (χ0) is 19.5. The van der Waals surface area contributed by atoms with Gasteiger partial charge in [0.25, 0.3) is 0 Å². The van der Waals surface area contributed by atoms with Crippen molar-refractivity contribution in [2.24, 2.45) is 5.41 Å². The highest BCUT2D eigenvalue weighted by Crippen LogP contribution is 2.51. The van der Waals surface area contributed by atoms with Crippen LogP contribution in [0.25, 0.3) is 0 Å². The maximum absolute atomic E-state index is 12.3. The zero-order valence-electron chi connectivity index (χ0n) is 16.8. The minimum absolute atomic E-state index is 0.00165. The van der Waals surface area contributed by atoms with E-state index in [1.807, 2.05) is 32.9 Å². The Morgan fingerprint density at radius 2 is 1.78 bits per heavy atom. The number of ether oxygens (including phenoxy) is 2. The maximum atomic E-state index is 12.3. The molecule has 27 heavy (non-hydrogen) atoms. The highest BCUT2D eigenvalue weighted by atomic mass is 79.9. The predicted octanol–water partition coefficient (Wildman–Crippen LogP) is 4.95. The van der Waals surface area contributed by atoms with Crippen molar-refractivity contribution in [3.05, 3.63) is 34.3 Å². The third-order valence-electron chi connectivity index (χ3n) is 6.02. The average molecular weight is 438 g/mol. The van der Waals surface area contributed by atoms with Crippen molar-refractivity contribution in [1.82, 2.24) is 5.32 Å². The molecule has 0 unspecified atom stereocenters. The number of benzene rings is 1. The Kier molecular flexibility index (Phi) is 6.34. The van der Waals surface area contributed by atoms with Crippen LogP contribution in [0.5, 0.6) is 0 Å². The SMILES string of the molecule is CC(C)(C)OC(=O)COC1(c2cccc(Br)c2)CCC2(CCNCC2)CC1. The highest BCUT2D eigenvalue weighted by molar-refractivity contribution is 9.10. The maximum Gasteiger partial charge on any atom is 0.332 e. The summed E-state index contributed by atoms with van der Waals surface area (Å²) in [5.74, 6) is -0.293. The van der Waals surface area contributed by atoms with Gasteiger partial charge in [0.1, 0.15) is 12.2 Å². The normalized spacial score (nSPS) is 21.8. The summed E-state index contributed by atoms with van der Waals surface area (Å²) in [6, 6.07) is 8.34. The van der Waals surface area contributed by atoms with Gasteiger partial charge in [-0.1, -0.05) is 28.1 Å². The number of halogens is 1. The molecule has 2 aliphatic rings. The summed E-state index contributed by atoms with van der Waals surface area (Å²) in [7, 11) is 0. The summed E-state index contributed by atoms with van der Waals surface area (Å²) in [6.07, 6.45) is 6.69. The number of hydrogen-bond acceptors (Lipinski definition) is 4. The van der Waals surface area contributed by atoms with Crippen molar-refractivity contribution in [3.63, 3.8) is 0 Å². The van der Waals surface area contributed by atoms with E-state index in [0.29, 0.717) is 5.41 Å². The molecule has 1 heterocycles. The van der Waals surface area contributed by atoms with Gasteiger partial charge in [0, 0.05) is 4.47 Å². The predicted molar refractivity (Wildman–Crippen MR) is 111 cm³/mol. The standard InChI is InChI=1S/C22H32BrNO3/c1-20(2,3)27-19(25)16-26-22(17-5-4-6-18(23)15-17)9-7-21(8-10-22)11-13-24-14-12-21/h4-6,15,24H,7-14,16H2,1-3H3. The number of nitrogens with one attached hydrogen (secondary N) is 1. The molecule has 0 atom stereocenters. The lowest BCUT2D eigenvalue weighted by atomic mass is 9.63. The Bertz CT molecular complexity index is 652. The molecule has 1 aromatic rings. The van der Waals surface area contributed by atoms with E-state index in [4.69, 9.17) is 9.47 Å². The van der Waals surface area contributed by atoms with Crippen LogP contribution in [0.1, 0.15) is 64.9 Å². The number of carbonyl (C=O) groups excluding carboxylic acids is 1. The molecule has 0 amide bonds.